The van der Waals surface area contributed by atoms with Gasteiger partial charge in [-0.15, -0.1) is 0 Å². The van der Waals surface area contributed by atoms with E-state index in [1.54, 1.807) is 12.1 Å². The Morgan fingerprint density at radius 2 is 1.67 bits per heavy atom. The molecule has 3 heterocycles. The fraction of sp³-hybridized carbons (Fsp3) is 0.667. The molecule has 0 N–H and O–H groups in total. The first-order chi connectivity index (χ1) is 13.0. The topological polar surface area (TPSA) is 36.0 Å². The molecule has 3 fully saturated rings. The molecule has 0 aliphatic carbocycles. The second-order valence-electron chi connectivity index (χ2n) is 8.45. The van der Waals surface area contributed by atoms with E-state index in [4.69, 9.17) is 4.74 Å². The van der Waals surface area contributed by atoms with Crippen molar-refractivity contribution in [2.24, 2.45) is 5.41 Å². The summed E-state index contributed by atoms with van der Waals surface area (Å²) in [4.78, 5) is 19.2. The summed E-state index contributed by atoms with van der Waals surface area (Å²) in [7, 11) is 0. The lowest BCUT2D eigenvalue weighted by Crippen LogP contribution is -2.64. The van der Waals surface area contributed by atoms with Gasteiger partial charge in [-0.25, -0.2) is 9.18 Å². The van der Waals surface area contributed by atoms with E-state index in [0.717, 1.165) is 32.5 Å². The van der Waals surface area contributed by atoms with Gasteiger partial charge in [-0.2, -0.15) is 0 Å². The fourth-order valence-corrected chi connectivity index (χ4v) is 4.98. The number of carbonyl (C=O) groups is 1. The van der Waals surface area contributed by atoms with E-state index >= 15 is 0 Å². The number of urea groups is 1. The summed E-state index contributed by atoms with van der Waals surface area (Å²) in [6.45, 7) is 9.78. The zero-order valence-corrected chi connectivity index (χ0v) is 16.4. The minimum Gasteiger partial charge on any atom is -0.378 e. The van der Waals surface area contributed by atoms with Crippen LogP contribution in [0.4, 0.5) is 9.18 Å². The van der Waals surface area contributed by atoms with E-state index in [1.165, 1.54) is 5.56 Å². The lowest BCUT2D eigenvalue weighted by molar-refractivity contribution is -0.124. The molecule has 5 nitrogen and oxygen atoms in total. The number of carbonyl (C=O) groups excluding carboxylic acids is 1. The van der Waals surface area contributed by atoms with Crippen LogP contribution in [0, 0.1) is 11.2 Å². The highest BCUT2D eigenvalue weighted by atomic mass is 19.1. The molecule has 6 heteroatoms. The van der Waals surface area contributed by atoms with E-state index < -0.39 is 0 Å². The van der Waals surface area contributed by atoms with Crippen molar-refractivity contribution in [3.63, 3.8) is 0 Å². The van der Waals surface area contributed by atoms with Crippen LogP contribution in [0.5, 0.6) is 0 Å². The zero-order chi connectivity index (χ0) is 19.0. The van der Waals surface area contributed by atoms with Gasteiger partial charge in [0.05, 0.1) is 13.2 Å². The Balaban J connectivity index is 1.45. The molecule has 148 valence electrons. The van der Waals surface area contributed by atoms with Gasteiger partial charge in [0.25, 0.3) is 0 Å². The minimum atomic E-state index is -0.186. The van der Waals surface area contributed by atoms with Gasteiger partial charge in [0.1, 0.15) is 5.82 Å². The number of halogens is 1. The molecule has 0 saturated carbocycles. The van der Waals surface area contributed by atoms with Crippen molar-refractivity contribution in [1.29, 1.82) is 0 Å². The van der Waals surface area contributed by atoms with Gasteiger partial charge in [-0.05, 0) is 44.4 Å². The number of likely N-dealkylation sites (tertiary alicyclic amines) is 2. The number of piperidine rings is 1. The van der Waals surface area contributed by atoms with Crippen LogP contribution in [0.15, 0.2) is 24.3 Å². The molecule has 3 saturated heterocycles. The van der Waals surface area contributed by atoms with Crippen molar-refractivity contribution in [2.75, 3.05) is 45.9 Å². The molecule has 2 amide bonds. The first kappa shape index (κ1) is 18.7. The Hall–Kier alpha value is -1.66. The van der Waals surface area contributed by atoms with Crippen LogP contribution in [-0.4, -0.2) is 72.7 Å². The lowest BCUT2D eigenvalue weighted by atomic mass is 9.62. The number of rotatable bonds is 2. The Bertz CT molecular complexity index is 665. The maximum atomic E-state index is 13.4. The van der Waals surface area contributed by atoms with Gasteiger partial charge >= 0.3 is 6.03 Å². The predicted octanol–water partition coefficient (Wildman–Crippen LogP) is 3.13. The Morgan fingerprint density at radius 3 is 2.26 bits per heavy atom. The van der Waals surface area contributed by atoms with Crippen LogP contribution in [0.3, 0.4) is 0 Å². The van der Waals surface area contributed by atoms with Crippen LogP contribution in [-0.2, 0) is 4.74 Å². The third-order valence-corrected chi connectivity index (χ3v) is 6.57. The fourth-order valence-electron chi connectivity index (χ4n) is 4.98. The van der Waals surface area contributed by atoms with E-state index in [0.29, 0.717) is 38.4 Å². The Morgan fingerprint density at radius 1 is 1.07 bits per heavy atom. The number of nitrogens with zero attached hydrogens (tertiary/aromatic N) is 3. The number of hydrogen-bond acceptors (Lipinski definition) is 3. The summed E-state index contributed by atoms with van der Waals surface area (Å²) in [5.41, 5.74) is 1.40. The molecular formula is C21H30FN3O2. The van der Waals surface area contributed by atoms with E-state index in [2.05, 4.69) is 18.7 Å². The van der Waals surface area contributed by atoms with Gasteiger partial charge < -0.3 is 14.5 Å². The highest BCUT2D eigenvalue weighted by Gasteiger charge is 2.55. The van der Waals surface area contributed by atoms with Crippen molar-refractivity contribution in [3.8, 4) is 0 Å². The second-order valence-corrected chi connectivity index (χ2v) is 8.45. The molecule has 1 atom stereocenters. The van der Waals surface area contributed by atoms with E-state index in [9.17, 15) is 9.18 Å². The third kappa shape index (κ3) is 3.45. The van der Waals surface area contributed by atoms with Crippen LogP contribution < -0.4 is 0 Å². The van der Waals surface area contributed by atoms with Gasteiger partial charge in [0.15, 0.2) is 0 Å². The number of ether oxygens (including phenoxy) is 1. The van der Waals surface area contributed by atoms with Gasteiger partial charge in [-0.3, -0.25) is 4.90 Å². The van der Waals surface area contributed by atoms with Crippen LogP contribution in [0.2, 0.25) is 0 Å². The van der Waals surface area contributed by atoms with Crippen LogP contribution in [0.25, 0.3) is 0 Å². The van der Waals surface area contributed by atoms with Crippen LogP contribution >= 0.6 is 0 Å². The smallest absolute Gasteiger partial charge is 0.320 e. The van der Waals surface area contributed by atoms with Crippen molar-refractivity contribution in [1.82, 2.24) is 14.7 Å². The molecule has 1 unspecified atom stereocenters. The molecule has 1 spiro atoms. The van der Waals surface area contributed by atoms with Gasteiger partial charge in [-0.1, -0.05) is 12.1 Å². The lowest BCUT2D eigenvalue weighted by Gasteiger charge is -2.62. The highest BCUT2D eigenvalue weighted by molar-refractivity contribution is 5.74. The molecule has 3 aliphatic rings. The maximum Gasteiger partial charge on any atom is 0.320 e. The first-order valence-corrected chi connectivity index (χ1v) is 10.1. The molecule has 0 radical (unpaired) electrons. The molecule has 0 aromatic heterocycles. The average Bonchev–Trinajstić information content (AvgIpc) is 2.68. The number of hydrogen-bond donors (Lipinski definition) is 0. The summed E-state index contributed by atoms with van der Waals surface area (Å²) < 4.78 is 18.8. The zero-order valence-electron chi connectivity index (χ0n) is 16.4. The molecule has 1 aromatic rings. The largest absolute Gasteiger partial charge is 0.378 e. The summed E-state index contributed by atoms with van der Waals surface area (Å²) >= 11 is 0. The monoisotopic (exact) mass is 375 g/mol. The quantitative estimate of drug-likeness (QED) is 0.797. The average molecular weight is 375 g/mol. The first-order valence-electron chi connectivity index (χ1n) is 10.1. The minimum absolute atomic E-state index is 0.159. The number of morpholine rings is 1. The normalized spacial score (nSPS) is 25.7. The predicted molar refractivity (Wildman–Crippen MR) is 102 cm³/mol. The van der Waals surface area contributed by atoms with Crippen LogP contribution in [0.1, 0.15) is 38.3 Å². The van der Waals surface area contributed by atoms with Crippen molar-refractivity contribution in [3.05, 3.63) is 35.6 Å². The van der Waals surface area contributed by atoms with E-state index in [1.807, 2.05) is 21.9 Å². The second kappa shape index (κ2) is 7.40. The number of benzene rings is 1. The maximum absolute atomic E-state index is 13.4. The Kier molecular flexibility index (Phi) is 5.12. The van der Waals surface area contributed by atoms with Crippen molar-refractivity contribution >= 4 is 6.03 Å². The highest BCUT2D eigenvalue weighted by Crippen LogP contribution is 2.55. The van der Waals surface area contributed by atoms with E-state index in [-0.39, 0.29) is 17.3 Å². The van der Waals surface area contributed by atoms with Gasteiger partial charge in [0.2, 0.25) is 0 Å². The summed E-state index contributed by atoms with van der Waals surface area (Å²) in [5, 5.41) is 0. The molecule has 27 heavy (non-hydrogen) atoms. The SMILES string of the molecule is CC(C)N1CC2(CCN(C(=O)N3CCOCC3)CC2)C1c1ccc(F)cc1. The molecule has 4 rings (SSSR count). The van der Waals surface area contributed by atoms with Crippen molar-refractivity contribution in [2.45, 2.75) is 38.8 Å². The summed E-state index contributed by atoms with van der Waals surface area (Å²) in [6.07, 6.45) is 2.02. The summed E-state index contributed by atoms with van der Waals surface area (Å²) in [5.74, 6) is -0.186. The molecule has 3 aliphatic heterocycles. The number of amides is 2. The van der Waals surface area contributed by atoms with Gasteiger partial charge in [0, 0.05) is 50.2 Å². The van der Waals surface area contributed by atoms with Crippen molar-refractivity contribution < 1.29 is 13.9 Å². The third-order valence-electron chi connectivity index (χ3n) is 6.57. The molecule has 0 bridgehead atoms. The molecule has 1 aromatic carbocycles. The Labute approximate surface area is 161 Å². The molecular weight excluding hydrogens is 345 g/mol. The standard InChI is InChI=1S/C21H30FN3O2/c1-16(2)25-15-21(19(25)17-3-5-18(22)6-4-17)7-9-23(10-8-21)20(26)24-11-13-27-14-12-24/h3-6,16,19H,7-15H2,1-2H3. The summed E-state index contributed by atoms with van der Waals surface area (Å²) in [6, 6.07) is 7.93.